The number of urea groups is 1. The summed E-state index contributed by atoms with van der Waals surface area (Å²) in [6.45, 7) is 4.52. The third-order valence-corrected chi connectivity index (χ3v) is 7.28. The number of aliphatic hydroxyl groups is 1. The Morgan fingerprint density at radius 3 is 2.72 bits per heavy atom. The Hall–Kier alpha value is -2.52. The molecule has 2 amide bonds. The van der Waals surface area contributed by atoms with Gasteiger partial charge in [0.15, 0.2) is 0 Å². The van der Waals surface area contributed by atoms with Crippen LogP contribution in [0.2, 0.25) is 0 Å². The summed E-state index contributed by atoms with van der Waals surface area (Å²) in [5, 5.41) is 10.0. The molecule has 4 rings (SSSR count). The molecule has 2 aromatic rings. The Morgan fingerprint density at radius 1 is 1.19 bits per heavy atom. The van der Waals surface area contributed by atoms with Crippen LogP contribution >= 0.6 is 0 Å². The average molecular weight is 500 g/mol. The smallest absolute Gasteiger partial charge is 0.320 e. The maximum atomic E-state index is 15.4. The lowest BCUT2D eigenvalue weighted by Gasteiger charge is -2.39. The summed E-state index contributed by atoms with van der Waals surface area (Å²) in [5.74, 6) is -0.362. The van der Waals surface area contributed by atoms with Crippen molar-refractivity contribution in [3.63, 3.8) is 0 Å². The van der Waals surface area contributed by atoms with E-state index in [-0.39, 0.29) is 30.4 Å². The number of hydrogen-bond donors (Lipinski definition) is 2. The van der Waals surface area contributed by atoms with Gasteiger partial charge in [0.25, 0.3) is 0 Å². The molecule has 2 aliphatic rings. The molecule has 196 valence electrons. The van der Waals surface area contributed by atoms with Crippen molar-refractivity contribution in [1.82, 2.24) is 9.80 Å². The Bertz CT molecular complexity index is 1030. The van der Waals surface area contributed by atoms with E-state index in [9.17, 15) is 9.90 Å². The van der Waals surface area contributed by atoms with Crippen molar-refractivity contribution in [2.75, 3.05) is 46.5 Å². The SMILES string of the molecule is COCCCC[C@@H](c1cccc(F)c1-c1cccc(C)c1)[C@H]1CN(C(=O)N2C[C@@H](N)[C@@H](O)C2)CCO1. The van der Waals surface area contributed by atoms with Crippen molar-refractivity contribution in [2.45, 2.75) is 50.4 Å². The van der Waals surface area contributed by atoms with Crippen molar-refractivity contribution < 1.29 is 23.8 Å². The summed E-state index contributed by atoms with van der Waals surface area (Å²) in [5.41, 5.74) is 9.33. The molecule has 2 fully saturated rings. The highest BCUT2D eigenvalue weighted by Gasteiger charge is 2.38. The maximum Gasteiger partial charge on any atom is 0.320 e. The molecule has 4 atom stereocenters. The first-order chi connectivity index (χ1) is 17.4. The molecule has 0 unspecified atom stereocenters. The Balaban J connectivity index is 1.62. The number of carbonyl (C=O) groups excluding carboxylic acids is 1. The first kappa shape index (κ1) is 26.5. The van der Waals surface area contributed by atoms with Gasteiger partial charge >= 0.3 is 6.03 Å². The predicted molar refractivity (Wildman–Crippen MR) is 137 cm³/mol. The zero-order chi connectivity index (χ0) is 25.7. The standard InChI is InChI=1S/C28H38FN3O4/c1-19-7-5-8-20(15-19)27-22(10-6-11-23(27)29)21(9-3-4-13-35-2)26-18-31(12-14-36-26)28(34)32-16-24(30)25(33)17-32/h5-8,10-11,15,21,24-26,33H,3-4,9,12-14,16-18,30H2,1-2H3/t21-,24+,25-,26+/m0/s1. The number of methoxy groups -OCH3 is 1. The number of unbranched alkanes of at least 4 members (excludes halogenated alkanes) is 1. The van der Waals surface area contributed by atoms with Gasteiger partial charge in [0.2, 0.25) is 0 Å². The second-order valence-electron chi connectivity index (χ2n) is 9.94. The number of halogens is 1. The van der Waals surface area contributed by atoms with Crippen molar-refractivity contribution in [3.8, 4) is 11.1 Å². The van der Waals surface area contributed by atoms with E-state index in [2.05, 4.69) is 0 Å². The number of β-amino-alcohol motifs (C(OH)–C–C–N with tert-alkyl or cyclic N) is 1. The minimum absolute atomic E-state index is 0.102. The number of nitrogens with zero attached hydrogens (tertiary/aromatic N) is 2. The lowest BCUT2D eigenvalue weighted by Crippen LogP contribution is -2.52. The van der Waals surface area contributed by atoms with Crippen LogP contribution < -0.4 is 5.73 Å². The van der Waals surface area contributed by atoms with Crippen molar-refractivity contribution >= 4 is 6.03 Å². The third kappa shape index (κ3) is 6.06. The summed E-state index contributed by atoms with van der Waals surface area (Å²) in [6, 6.07) is 12.6. The van der Waals surface area contributed by atoms with Crippen LogP contribution in [0.4, 0.5) is 9.18 Å². The van der Waals surface area contributed by atoms with Gasteiger partial charge in [-0.1, -0.05) is 48.4 Å². The molecule has 2 aromatic carbocycles. The lowest BCUT2D eigenvalue weighted by molar-refractivity contribution is -0.0338. The lowest BCUT2D eigenvalue weighted by atomic mass is 9.82. The van der Waals surface area contributed by atoms with Crippen LogP contribution in [0.15, 0.2) is 42.5 Å². The van der Waals surface area contributed by atoms with E-state index in [1.807, 2.05) is 37.3 Å². The minimum Gasteiger partial charge on any atom is -0.390 e. The molecule has 0 radical (unpaired) electrons. The molecule has 2 saturated heterocycles. The number of amides is 2. The van der Waals surface area contributed by atoms with E-state index in [4.69, 9.17) is 15.2 Å². The monoisotopic (exact) mass is 499 g/mol. The number of ether oxygens (including phenoxy) is 2. The number of benzene rings is 2. The molecule has 0 saturated carbocycles. The van der Waals surface area contributed by atoms with Gasteiger partial charge in [-0.05, 0) is 37.0 Å². The summed E-state index contributed by atoms with van der Waals surface area (Å²) in [7, 11) is 1.69. The number of aryl methyl sites for hydroxylation is 1. The first-order valence-corrected chi connectivity index (χ1v) is 12.8. The Morgan fingerprint density at radius 2 is 2.00 bits per heavy atom. The van der Waals surface area contributed by atoms with E-state index in [1.165, 1.54) is 6.07 Å². The number of nitrogens with two attached hydrogens (primary N) is 1. The topological polar surface area (TPSA) is 88.3 Å². The first-order valence-electron chi connectivity index (χ1n) is 12.8. The van der Waals surface area contributed by atoms with Gasteiger partial charge in [0.05, 0.1) is 18.8 Å². The minimum atomic E-state index is -0.705. The van der Waals surface area contributed by atoms with Crippen molar-refractivity contribution in [1.29, 1.82) is 0 Å². The van der Waals surface area contributed by atoms with Crippen LogP contribution in [0.1, 0.15) is 36.3 Å². The van der Waals surface area contributed by atoms with Crippen LogP contribution in [0.25, 0.3) is 11.1 Å². The number of hydrogen-bond acceptors (Lipinski definition) is 5. The second-order valence-corrected chi connectivity index (χ2v) is 9.94. The second kappa shape index (κ2) is 12.1. The summed E-state index contributed by atoms with van der Waals surface area (Å²) < 4.78 is 26.8. The average Bonchev–Trinajstić information content (AvgIpc) is 3.21. The highest BCUT2D eigenvalue weighted by atomic mass is 19.1. The molecule has 0 aromatic heterocycles. The predicted octanol–water partition coefficient (Wildman–Crippen LogP) is 3.53. The van der Waals surface area contributed by atoms with Crippen molar-refractivity contribution in [3.05, 3.63) is 59.4 Å². The normalized spacial score (nSPS) is 23.2. The molecule has 7 nitrogen and oxygen atoms in total. The van der Waals surface area contributed by atoms with Gasteiger partial charge in [0, 0.05) is 57.4 Å². The highest BCUT2D eigenvalue weighted by Crippen LogP contribution is 2.38. The van der Waals surface area contributed by atoms with Crippen LogP contribution in [0.5, 0.6) is 0 Å². The molecule has 3 N–H and O–H groups in total. The van der Waals surface area contributed by atoms with Crippen LogP contribution in [-0.4, -0.2) is 85.7 Å². The highest BCUT2D eigenvalue weighted by molar-refractivity contribution is 5.75. The molecule has 8 heteroatoms. The van der Waals surface area contributed by atoms with Gasteiger partial charge < -0.3 is 30.1 Å². The molecular weight excluding hydrogens is 461 g/mol. The summed E-state index contributed by atoms with van der Waals surface area (Å²) in [4.78, 5) is 16.6. The van der Waals surface area contributed by atoms with Crippen LogP contribution in [-0.2, 0) is 9.47 Å². The van der Waals surface area contributed by atoms with Gasteiger partial charge in [-0.3, -0.25) is 0 Å². The van der Waals surface area contributed by atoms with Gasteiger partial charge in [-0.2, -0.15) is 0 Å². The number of likely N-dealkylation sites (tertiary alicyclic amines) is 1. The molecule has 0 bridgehead atoms. The fourth-order valence-electron chi connectivity index (χ4n) is 5.37. The third-order valence-electron chi connectivity index (χ3n) is 7.28. The quantitative estimate of drug-likeness (QED) is 0.543. The number of morpholine rings is 1. The van der Waals surface area contributed by atoms with Gasteiger partial charge in [-0.25, -0.2) is 9.18 Å². The van der Waals surface area contributed by atoms with Crippen molar-refractivity contribution in [2.24, 2.45) is 5.73 Å². The Kier molecular flexibility index (Phi) is 8.95. The van der Waals surface area contributed by atoms with E-state index in [0.717, 1.165) is 36.0 Å². The fourth-order valence-corrected chi connectivity index (χ4v) is 5.37. The number of carbonyl (C=O) groups is 1. The number of aliphatic hydroxyl groups excluding tert-OH is 1. The van der Waals surface area contributed by atoms with E-state index < -0.39 is 12.1 Å². The zero-order valence-electron chi connectivity index (χ0n) is 21.2. The van der Waals surface area contributed by atoms with Crippen LogP contribution in [0.3, 0.4) is 0 Å². The largest absolute Gasteiger partial charge is 0.390 e. The molecule has 2 aliphatic heterocycles. The van der Waals surface area contributed by atoms with E-state index in [1.54, 1.807) is 23.0 Å². The number of rotatable bonds is 8. The zero-order valence-corrected chi connectivity index (χ0v) is 21.2. The summed E-state index contributed by atoms with van der Waals surface area (Å²) >= 11 is 0. The Labute approximate surface area is 213 Å². The summed E-state index contributed by atoms with van der Waals surface area (Å²) in [6.07, 6.45) is 1.58. The van der Waals surface area contributed by atoms with Gasteiger partial charge in [0.1, 0.15) is 5.82 Å². The van der Waals surface area contributed by atoms with E-state index >= 15 is 4.39 Å². The van der Waals surface area contributed by atoms with Crippen LogP contribution in [0, 0.1) is 12.7 Å². The molecule has 2 heterocycles. The van der Waals surface area contributed by atoms with E-state index in [0.29, 0.717) is 38.4 Å². The molecule has 0 aliphatic carbocycles. The fraction of sp³-hybridized carbons (Fsp3) is 0.536. The molecule has 0 spiro atoms. The maximum absolute atomic E-state index is 15.4. The molecular formula is C28H38FN3O4. The molecule has 36 heavy (non-hydrogen) atoms. The van der Waals surface area contributed by atoms with Gasteiger partial charge in [-0.15, -0.1) is 0 Å².